The molecule has 3 atom stereocenters. The van der Waals surface area contributed by atoms with E-state index in [4.69, 9.17) is 4.74 Å². The van der Waals surface area contributed by atoms with E-state index >= 15 is 0 Å². The lowest BCUT2D eigenvalue weighted by Gasteiger charge is -2.39. The molecule has 1 aromatic carbocycles. The van der Waals surface area contributed by atoms with Crippen LogP contribution in [0.25, 0.3) is 0 Å². The van der Waals surface area contributed by atoms with E-state index in [0.29, 0.717) is 5.92 Å². The predicted molar refractivity (Wildman–Crippen MR) is 85.3 cm³/mol. The van der Waals surface area contributed by atoms with E-state index in [9.17, 15) is 4.39 Å². The molecule has 1 N–H and O–H groups in total. The van der Waals surface area contributed by atoms with E-state index in [-0.39, 0.29) is 18.0 Å². The number of piperidine rings is 1. The number of halogens is 1. The number of nitrogens with zero attached hydrogens (tertiary/aromatic N) is 1. The highest BCUT2D eigenvalue weighted by atomic mass is 19.1. The lowest BCUT2D eigenvalue weighted by molar-refractivity contribution is 0.0496. The normalized spacial score (nSPS) is 24.1. The van der Waals surface area contributed by atoms with Gasteiger partial charge >= 0.3 is 0 Å². The molecule has 1 saturated heterocycles. The van der Waals surface area contributed by atoms with Crippen LogP contribution in [0, 0.1) is 11.7 Å². The Balaban J connectivity index is 2.30. The number of hydrogen-bond donors (Lipinski definition) is 1. The SMILES string of the molecule is CCNC(C)c1cccc(F)c1N1CCC(C)C(OC)C1. The van der Waals surface area contributed by atoms with Gasteiger partial charge in [0, 0.05) is 26.2 Å². The lowest BCUT2D eigenvalue weighted by Crippen LogP contribution is -2.44. The van der Waals surface area contributed by atoms with Crippen LogP contribution in [0.3, 0.4) is 0 Å². The Morgan fingerprint density at radius 1 is 1.48 bits per heavy atom. The summed E-state index contributed by atoms with van der Waals surface area (Å²) in [7, 11) is 1.74. The maximum absolute atomic E-state index is 14.5. The van der Waals surface area contributed by atoms with E-state index in [1.54, 1.807) is 19.2 Å². The minimum Gasteiger partial charge on any atom is -0.379 e. The van der Waals surface area contributed by atoms with Gasteiger partial charge in [-0.2, -0.15) is 0 Å². The van der Waals surface area contributed by atoms with Gasteiger partial charge in [-0.25, -0.2) is 4.39 Å². The fourth-order valence-electron chi connectivity index (χ4n) is 3.17. The second kappa shape index (κ2) is 7.23. The molecule has 3 unspecified atom stereocenters. The van der Waals surface area contributed by atoms with Crippen LogP contribution in [-0.2, 0) is 4.74 Å². The summed E-state index contributed by atoms with van der Waals surface area (Å²) in [6.07, 6.45) is 1.20. The third kappa shape index (κ3) is 3.55. The molecule has 0 radical (unpaired) electrons. The molecule has 0 aliphatic carbocycles. The number of anilines is 1. The van der Waals surface area contributed by atoms with Gasteiger partial charge in [0.1, 0.15) is 5.82 Å². The molecular weight excluding hydrogens is 267 g/mol. The zero-order valence-corrected chi connectivity index (χ0v) is 13.5. The van der Waals surface area contributed by atoms with Crippen LogP contribution in [0.15, 0.2) is 18.2 Å². The Hall–Kier alpha value is -1.13. The minimum absolute atomic E-state index is 0.137. The summed E-state index contributed by atoms with van der Waals surface area (Å²) in [6, 6.07) is 5.51. The number of benzene rings is 1. The molecule has 1 aliphatic rings. The fourth-order valence-corrected chi connectivity index (χ4v) is 3.17. The average Bonchev–Trinajstić information content (AvgIpc) is 2.48. The van der Waals surface area contributed by atoms with Gasteiger partial charge in [-0.1, -0.05) is 26.0 Å². The number of rotatable bonds is 5. The maximum Gasteiger partial charge on any atom is 0.146 e. The highest BCUT2D eigenvalue weighted by Gasteiger charge is 2.29. The van der Waals surface area contributed by atoms with Crippen molar-refractivity contribution in [3.05, 3.63) is 29.6 Å². The summed E-state index contributed by atoms with van der Waals surface area (Å²) in [4.78, 5) is 2.15. The van der Waals surface area contributed by atoms with Crippen LogP contribution in [-0.4, -0.2) is 32.8 Å². The van der Waals surface area contributed by atoms with Crippen LogP contribution in [0.5, 0.6) is 0 Å². The molecular formula is C17H27FN2O. The number of methoxy groups -OCH3 is 1. The van der Waals surface area contributed by atoms with Crippen molar-refractivity contribution in [2.75, 3.05) is 31.6 Å². The largest absolute Gasteiger partial charge is 0.379 e. The van der Waals surface area contributed by atoms with E-state index in [0.717, 1.165) is 37.3 Å². The zero-order chi connectivity index (χ0) is 15.4. The fraction of sp³-hybridized carbons (Fsp3) is 0.647. The smallest absolute Gasteiger partial charge is 0.146 e. The van der Waals surface area contributed by atoms with Gasteiger partial charge in [0.05, 0.1) is 11.8 Å². The van der Waals surface area contributed by atoms with Gasteiger partial charge in [0.15, 0.2) is 0 Å². The maximum atomic E-state index is 14.5. The van der Waals surface area contributed by atoms with Gasteiger partial charge < -0.3 is 15.0 Å². The van der Waals surface area contributed by atoms with Crippen molar-refractivity contribution in [2.45, 2.75) is 39.3 Å². The van der Waals surface area contributed by atoms with E-state index in [1.807, 2.05) is 6.07 Å². The first-order chi connectivity index (χ1) is 10.1. The monoisotopic (exact) mass is 294 g/mol. The van der Waals surface area contributed by atoms with Crippen LogP contribution >= 0.6 is 0 Å². The Morgan fingerprint density at radius 2 is 2.24 bits per heavy atom. The van der Waals surface area contributed by atoms with Crippen molar-refractivity contribution in [3.63, 3.8) is 0 Å². The zero-order valence-electron chi connectivity index (χ0n) is 13.5. The summed E-state index contributed by atoms with van der Waals surface area (Å²) in [5.41, 5.74) is 1.76. The first kappa shape index (κ1) is 16.2. The first-order valence-electron chi connectivity index (χ1n) is 7.88. The Kier molecular flexibility index (Phi) is 5.59. The van der Waals surface area contributed by atoms with Gasteiger partial charge in [-0.3, -0.25) is 0 Å². The van der Waals surface area contributed by atoms with E-state index < -0.39 is 0 Å². The van der Waals surface area contributed by atoms with Crippen LogP contribution in [0.1, 0.15) is 38.8 Å². The Labute approximate surface area is 127 Å². The summed E-state index contributed by atoms with van der Waals surface area (Å²) < 4.78 is 20.0. The second-order valence-electron chi connectivity index (χ2n) is 5.94. The topological polar surface area (TPSA) is 24.5 Å². The first-order valence-corrected chi connectivity index (χ1v) is 7.88. The molecule has 21 heavy (non-hydrogen) atoms. The average molecular weight is 294 g/mol. The lowest BCUT2D eigenvalue weighted by atomic mass is 9.94. The Bertz CT molecular complexity index is 466. The summed E-state index contributed by atoms with van der Waals surface area (Å²) in [6.45, 7) is 8.86. The number of hydrogen-bond acceptors (Lipinski definition) is 3. The van der Waals surface area contributed by atoms with Crippen molar-refractivity contribution in [1.29, 1.82) is 0 Å². The second-order valence-corrected chi connectivity index (χ2v) is 5.94. The number of nitrogens with one attached hydrogen (secondary N) is 1. The van der Waals surface area contributed by atoms with Gasteiger partial charge in [-0.15, -0.1) is 0 Å². The molecule has 4 heteroatoms. The van der Waals surface area contributed by atoms with Gasteiger partial charge in [0.2, 0.25) is 0 Å². The van der Waals surface area contributed by atoms with E-state index in [2.05, 4.69) is 31.0 Å². The molecule has 0 saturated carbocycles. The van der Waals surface area contributed by atoms with Crippen molar-refractivity contribution < 1.29 is 9.13 Å². The highest BCUT2D eigenvalue weighted by molar-refractivity contribution is 5.56. The molecule has 1 heterocycles. The molecule has 0 aromatic heterocycles. The summed E-state index contributed by atoms with van der Waals surface area (Å²) >= 11 is 0. The van der Waals surface area contributed by atoms with Crippen molar-refractivity contribution in [3.8, 4) is 0 Å². The molecule has 0 amide bonds. The molecule has 1 aliphatic heterocycles. The quantitative estimate of drug-likeness (QED) is 0.901. The molecule has 2 rings (SSSR count). The Morgan fingerprint density at radius 3 is 2.90 bits per heavy atom. The standard InChI is InChI=1S/C17H27FN2O/c1-5-19-13(3)14-7-6-8-15(18)17(14)20-10-9-12(2)16(11-20)21-4/h6-8,12-13,16,19H,5,9-11H2,1-4H3. The number of ether oxygens (including phenoxy) is 1. The molecule has 1 fully saturated rings. The van der Waals surface area contributed by atoms with Crippen LogP contribution in [0.4, 0.5) is 10.1 Å². The third-order valence-corrected chi connectivity index (χ3v) is 4.50. The van der Waals surface area contributed by atoms with Crippen LogP contribution < -0.4 is 10.2 Å². The third-order valence-electron chi connectivity index (χ3n) is 4.50. The van der Waals surface area contributed by atoms with Crippen molar-refractivity contribution in [2.24, 2.45) is 5.92 Å². The minimum atomic E-state index is -0.137. The molecule has 0 spiro atoms. The van der Waals surface area contributed by atoms with Crippen molar-refractivity contribution >= 4 is 5.69 Å². The van der Waals surface area contributed by atoms with E-state index in [1.165, 1.54) is 0 Å². The van der Waals surface area contributed by atoms with Gasteiger partial charge in [-0.05, 0) is 37.4 Å². The highest BCUT2D eigenvalue weighted by Crippen LogP contribution is 2.33. The predicted octanol–water partition coefficient (Wildman–Crippen LogP) is 3.36. The van der Waals surface area contributed by atoms with Gasteiger partial charge in [0.25, 0.3) is 0 Å². The molecule has 1 aromatic rings. The summed E-state index contributed by atoms with van der Waals surface area (Å²) in [5.74, 6) is 0.384. The van der Waals surface area contributed by atoms with Crippen LogP contribution in [0.2, 0.25) is 0 Å². The van der Waals surface area contributed by atoms with Crippen molar-refractivity contribution in [1.82, 2.24) is 5.32 Å². The molecule has 0 bridgehead atoms. The summed E-state index contributed by atoms with van der Waals surface area (Å²) in [5, 5.41) is 3.38. The molecule has 3 nitrogen and oxygen atoms in total. The number of para-hydroxylation sites is 1. The molecule has 118 valence electrons.